The third-order valence-corrected chi connectivity index (χ3v) is 5.12. The summed E-state index contributed by atoms with van der Waals surface area (Å²) in [5.74, 6) is -0.0629. The lowest BCUT2D eigenvalue weighted by atomic mass is 9.90. The molecule has 1 aromatic carbocycles. The molecule has 2 rings (SSSR count). The van der Waals surface area contributed by atoms with E-state index in [1.807, 2.05) is 6.92 Å². The maximum Gasteiger partial charge on any atom is 0.240 e. The van der Waals surface area contributed by atoms with Crippen molar-refractivity contribution >= 4 is 15.8 Å². The molecule has 5 nitrogen and oxygen atoms in total. The van der Waals surface area contributed by atoms with Gasteiger partial charge in [-0.15, -0.1) is 0 Å². The number of Topliss-reactive ketones (excluding diaryl/α,β-unsaturated/α-hetero) is 1. The van der Waals surface area contributed by atoms with Crippen molar-refractivity contribution in [2.45, 2.75) is 50.2 Å². The molecule has 0 saturated heterocycles. The van der Waals surface area contributed by atoms with E-state index in [0.29, 0.717) is 31.4 Å². The van der Waals surface area contributed by atoms with Gasteiger partial charge in [-0.1, -0.05) is 19.1 Å². The fraction of sp³-hybridized carbons (Fsp3) is 0.533. The van der Waals surface area contributed by atoms with E-state index in [2.05, 4.69) is 4.72 Å². The van der Waals surface area contributed by atoms with Crippen molar-refractivity contribution in [1.29, 1.82) is 0 Å². The molecule has 0 aliphatic heterocycles. The Hall–Kier alpha value is -1.24. The number of carbonyl (C=O) groups excluding carboxylic acids is 1. The van der Waals surface area contributed by atoms with Crippen molar-refractivity contribution in [3.63, 3.8) is 0 Å². The Bertz CT molecular complexity index is 606. The second kappa shape index (κ2) is 6.68. The van der Waals surface area contributed by atoms with Gasteiger partial charge in [0.05, 0.1) is 11.0 Å². The standard InChI is InChI=1S/C15H21NO4S/c1-3-15(17)11-6-5-7-14(8-11)21(18,19)16-12-9-13(10-12)20-4-2/h5-8,12-13,16H,3-4,9-10H2,1-2H3. The van der Waals surface area contributed by atoms with Crippen molar-refractivity contribution < 1.29 is 17.9 Å². The van der Waals surface area contributed by atoms with Gasteiger partial charge >= 0.3 is 0 Å². The molecule has 21 heavy (non-hydrogen) atoms. The molecule has 6 heteroatoms. The number of carbonyl (C=O) groups is 1. The molecule has 0 aromatic heterocycles. The van der Waals surface area contributed by atoms with Crippen LogP contribution in [0.4, 0.5) is 0 Å². The Morgan fingerprint density at radius 2 is 2.05 bits per heavy atom. The lowest BCUT2D eigenvalue weighted by molar-refractivity contribution is -0.00475. The Balaban J connectivity index is 2.05. The van der Waals surface area contributed by atoms with Gasteiger partial charge in [0.1, 0.15) is 0 Å². The molecule has 0 bridgehead atoms. The predicted octanol–water partition coefficient (Wildman–Crippen LogP) is 2.13. The van der Waals surface area contributed by atoms with Crippen molar-refractivity contribution in [3.05, 3.63) is 29.8 Å². The van der Waals surface area contributed by atoms with Crippen LogP contribution >= 0.6 is 0 Å². The van der Waals surface area contributed by atoms with Crippen LogP contribution < -0.4 is 4.72 Å². The first-order chi connectivity index (χ1) is 9.96. The van der Waals surface area contributed by atoms with E-state index in [1.54, 1.807) is 19.1 Å². The average molecular weight is 311 g/mol. The zero-order valence-electron chi connectivity index (χ0n) is 12.3. The first-order valence-corrected chi connectivity index (χ1v) is 8.71. The number of rotatable bonds is 7. The number of nitrogens with one attached hydrogen (secondary N) is 1. The lowest BCUT2D eigenvalue weighted by Crippen LogP contribution is -2.47. The Kier molecular flexibility index (Phi) is 5.13. The molecular formula is C15H21NO4S. The fourth-order valence-corrected chi connectivity index (χ4v) is 3.67. The van der Waals surface area contributed by atoms with Crippen LogP contribution in [0.2, 0.25) is 0 Å². The topological polar surface area (TPSA) is 72.5 Å². The first-order valence-electron chi connectivity index (χ1n) is 7.23. The number of hydrogen-bond acceptors (Lipinski definition) is 4. The van der Waals surface area contributed by atoms with Crippen molar-refractivity contribution in [1.82, 2.24) is 4.72 Å². The Morgan fingerprint density at radius 3 is 2.67 bits per heavy atom. The molecule has 0 atom stereocenters. The van der Waals surface area contributed by atoms with Gasteiger partial charge in [-0.3, -0.25) is 4.79 Å². The molecule has 0 radical (unpaired) electrons. The highest BCUT2D eigenvalue weighted by Crippen LogP contribution is 2.25. The second-order valence-corrected chi connectivity index (χ2v) is 6.89. The summed E-state index contributed by atoms with van der Waals surface area (Å²) in [5.41, 5.74) is 0.432. The number of ketones is 1. The van der Waals surface area contributed by atoms with E-state index in [4.69, 9.17) is 4.74 Å². The van der Waals surface area contributed by atoms with Crippen LogP contribution in [0, 0.1) is 0 Å². The van der Waals surface area contributed by atoms with Crippen molar-refractivity contribution in [3.8, 4) is 0 Å². The maximum absolute atomic E-state index is 12.3. The zero-order chi connectivity index (χ0) is 15.5. The predicted molar refractivity (Wildman–Crippen MR) is 79.8 cm³/mol. The largest absolute Gasteiger partial charge is 0.378 e. The summed E-state index contributed by atoms with van der Waals surface area (Å²) >= 11 is 0. The second-order valence-electron chi connectivity index (χ2n) is 5.17. The van der Waals surface area contributed by atoms with Crippen LogP contribution in [0.3, 0.4) is 0 Å². The van der Waals surface area contributed by atoms with Crippen LogP contribution in [0.1, 0.15) is 43.5 Å². The Morgan fingerprint density at radius 1 is 1.33 bits per heavy atom. The molecule has 0 heterocycles. The summed E-state index contributed by atoms with van der Waals surface area (Å²) in [4.78, 5) is 11.8. The monoisotopic (exact) mass is 311 g/mol. The minimum atomic E-state index is -3.58. The summed E-state index contributed by atoms with van der Waals surface area (Å²) in [6.45, 7) is 4.32. The summed E-state index contributed by atoms with van der Waals surface area (Å²) in [5, 5.41) is 0. The SMILES string of the molecule is CCOC1CC(NS(=O)(=O)c2cccc(C(=O)CC)c2)C1. The van der Waals surface area contributed by atoms with Crippen LogP contribution in [0.15, 0.2) is 29.2 Å². The number of ether oxygens (including phenoxy) is 1. The highest BCUT2D eigenvalue weighted by atomic mass is 32.2. The fourth-order valence-electron chi connectivity index (χ4n) is 2.36. The molecule has 0 unspecified atom stereocenters. The summed E-state index contributed by atoms with van der Waals surface area (Å²) in [7, 11) is -3.58. The maximum atomic E-state index is 12.3. The van der Waals surface area contributed by atoms with Gasteiger partial charge in [0, 0.05) is 24.6 Å². The quantitative estimate of drug-likeness (QED) is 0.783. The van der Waals surface area contributed by atoms with Gasteiger partial charge in [-0.05, 0) is 31.9 Å². The van der Waals surface area contributed by atoms with Crippen LogP contribution in [0.25, 0.3) is 0 Å². The number of sulfonamides is 1. The minimum absolute atomic E-state index is 0.0629. The smallest absolute Gasteiger partial charge is 0.240 e. The number of benzene rings is 1. The third-order valence-electron chi connectivity index (χ3n) is 3.61. The van der Waals surface area contributed by atoms with Crippen molar-refractivity contribution in [2.75, 3.05) is 6.61 Å². The molecule has 1 fully saturated rings. The average Bonchev–Trinajstić information content (AvgIpc) is 2.44. The summed E-state index contributed by atoms with van der Waals surface area (Å²) in [6, 6.07) is 6.10. The van der Waals surface area contributed by atoms with E-state index in [0.717, 1.165) is 0 Å². The van der Waals surface area contributed by atoms with Gasteiger partial charge in [0.2, 0.25) is 10.0 Å². The zero-order valence-corrected chi connectivity index (χ0v) is 13.2. The third kappa shape index (κ3) is 3.90. The first kappa shape index (κ1) is 16.1. The van der Waals surface area contributed by atoms with Gasteiger partial charge in [-0.2, -0.15) is 0 Å². The minimum Gasteiger partial charge on any atom is -0.378 e. The van der Waals surface area contributed by atoms with Crippen LogP contribution in [0.5, 0.6) is 0 Å². The van der Waals surface area contributed by atoms with E-state index < -0.39 is 10.0 Å². The van der Waals surface area contributed by atoms with E-state index in [9.17, 15) is 13.2 Å². The normalized spacial score (nSPS) is 21.8. The van der Waals surface area contributed by atoms with Gasteiger partial charge < -0.3 is 4.74 Å². The van der Waals surface area contributed by atoms with E-state index in [1.165, 1.54) is 12.1 Å². The Labute approximate surface area is 125 Å². The molecule has 1 aromatic rings. The number of hydrogen-bond donors (Lipinski definition) is 1. The molecule has 1 N–H and O–H groups in total. The molecule has 116 valence electrons. The van der Waals surface area contributed by atoms with E-state index >= 15 is 0 Å². The van der Waals surface area contributed by atoms with E-state index in [-0.39, 0.29) is 22.8 Å². The van der Waals surface area contributed by atoms with Gasteiger partial charge in [0.15, 0.2) is 5.78 Å². The van der Waals surface area contributed by atoms with Crippen LogP contribution in [-0.4, -0.2) is 33.0 Å². The van der Waals surface area contributed by atoms with Gasteiger partial charge in [-0.25, -0.2) is 13.1 Å². The summed E-state index contributed by atoms with van der Waals surface area (Å²) < 4.78 is 32.7. The highest BCUT2D eigenvalue weighted by molar-refractivity contribution is 7.89. The highest BCUT2D eigenvalue weighted by Gasteiger charge is 2.33. The molecule has 1 saturated carbocycles. The lowest BCUT2D eigenvalue weighted by Gasteiger charge is -2.35. The van der Waals surface area contributed by atoms with Crippen LogP contribution in [-0.2, 0) is 14.8 Å². The van der Waals surface area contributed by atoms with Crippen molar-refractivity contribution in [2.24, 2.45) is 0 Å². The molecule has 0 amide bonds. The molecule has 1 aliphatic carbocycles. The molecular weight excluding hydrogens is 290 g/mol. The summed E-state index contributed by atoms with van der Waals surface area (Å²) in [6.07, 6.45) is 1.90. The molecule has 1 aliphatic rings. The molecule has 0 spiro atoms. The van der Waals surface area contributed by atoms with Gasteiger partial charge in [0.25, 0.3) is 0 Å².